The van der Waals surface area contributed by atoms with Crippen LogP contribution in [0.2, 0.25) is 0 Å². The molecule has 8 heteroatoms. The first kappa shape index (κ1) is 18.2. The van der Waals surface area contributed by atoms with Crippen LogP contribution in [-0.2, 0) is 4.79 Å². The Morgan fingerprint density at radius 3 is 2.82 bits per heavy atom. The van der Waals surface area contributed by atoms with Gasteiger partial charge in [0.1, 0.15) is 5.69 Å². The maximum atomic E-state index is 12.3. The van der Waals surface area contributed by atoms with Gasteiger partial charge in [0.2, 0.25) is 5.91 Å². The summed E-state index contributed by atoms with van der Waals surface area (Å²) < 4.78 is 0. The van der Waals surface area contributed by atoms with Crippen LogP contribution in [0, 0.1) is 10.1 Å². The summed E-state index contributed by atoms with van der Waals surface area (Å²) in [5.74, 6) is -0.0502. The molecule has 0 aliphatic carbocycles. The largest absolute Gasteiger partial charge is 0.360 e. The molecule has 1 aliphatic rings. The summed E-state index contributed by atoms with van der Waals surface area (Å²) >= 11 is 0. The molecule has 0 bridgehead atoms. The number of anilines is 1. The number of benzene rings is 1. The Bertz CT molecular complexity index is 541. The second-order valence-electron chi connectivity index (χ2n) is 5.34. The molecule has 2 N–H and O–H groups in total. The van der Waals surface area contributed by atoms with Gasteiger partial charge in [-0.2, -0.15) is 0 Å². The summed E-state index contributed by atoms with van der Waals surface area (Å²) in [6, 6.07) is 6.45. The number of nitrogens with two attached hydrogens (primary N) is 1. The second-order valence-corrected chi connectivity index (χ2v) is 5.34. The standard InChI is InChI=1S/C14H20N4O3.ClH/c1-16(12-6-2-3-7-13(12)18(20)21)10-14(19)17-8-4-5-11(15)9-17;/h2-3,6-7,11H,4-5,8-10,15H2,1H3;1H. The van der Waals surface area contributed by atoms with E-state index in [1.807, 2.05) is 0 Å². The van der Waals surface area contributed by atoms with E-state index in [9.17, 15) is 14.9 Å². The first-order chi connectivity index (χ1) is 9.99. The monoisotopic (exact) mass is 328 g/mol. The molecule has 0 aromatic heterocycles. The average molecular weight is 329 g/mol. The molecule has 1 fully saturated rings. The number of halogens is 1. The molecule has 1 heterocycles. The molecule has 7 nitrogen and oxygen atoms in total. The predicted octanol–water partition coefficient (Wildman–Crippen LogP) is 1.40. The third kappa shape index (κ3) is 4.32. The molecule has 1 amide bonds. The van der Waals surface area contributed by atoms with E-state index in [1.54, 1.807) is 35.0 Å². The van der Waals surface area contributed by atoms with Crippen LogP contribution in [-0.4, -0.2) is 48.5 Å². The third-order valence-electron chi connectivity index (χ3n) is 3.67. The van der Waals surface area contributed by atoms with Gasteiger partial charge in [0, 0.05) is 32.2 Å². The highest BCUT2D eigenvalue weighted by Crippen LogP contribution is 2.26. The molecule has 1 atom stereocenters. The minimum absolute atomic E-state index is 0. The molecule has 0 spiro atoms. The van der Waals surface area contributed by atoms with Gasteiger partial charge in [-0.05, 0) is 18.9 Å². The molecule has 1 aliphatic heterocycles. The number of carbonyl (C=O) groups excluding carboxylic acids is 1. The van der Waals surface area contributed by atoms with Crippen molar-refractivity contribution in [2.45, 2.75) is 18.9 Å². The summed E-state index contributed by atoms with van der Waals surface area (Å²) in [5.41, 5.74) is 6.32. The molecule has 1 unspecified atom stereocenters. The summed E-state index contributed by atoms with van der Waals surface area (Å²) in [7, 11) is 1.68. The average Bonchev–Trinajstić information content (AvgIpc) is 2.47. The van der Waals surface area contributed by atoms with E-state index in [0.717, 1.165) is 12.8 Å². The fraction of sp³-hybridized carbons (Fsp3) is 0.500. The number of piperidine rings is 1. The fourth-order valence-electron chi connectivity index (χ4n) is 2.57. The molecule has 22 heavy (non-hydrogen) atoms. The van der Waals surface area contributed by atoms with Crippen LogP contribution in [0.4, 0.5) is 11.4 Å². The van der Waals surface area contributed by atoms with Gasteiger partial charge in [-0.25, -0.2) is 0 Å². The van der Waals surface area contributed by atoms with Gasteiger partial charge in [0.25, 0.3) is 5.69 Å². The van der Waals surface area contributed by atoms with Crippen LogP contribution in [0.5, 0.6) is 0 Å². The SMILES string of the molecule is CN(CC(=O)N1CCCC(N)C1)c1ccccc1[N+](=O)[O-].Cl. The van der Waals surface area contributed by atoms with Gasteiger partial charge in [-0.15, -0.1) is 12.4 Å². The van der Waals surface area contributed by atoms with Gasteiger partial charge >= 0.3 is 0 Å². The minimum atomic E-state index is -0.437. The summed E-state index contributed by atoms with van der Waals surface area (Å²) in [6.07, 6.45) is 1.84. The number of rotatable bonds is 4. The first-order valence-electron chi connectivity index (χ1n) is 6.97. The zero-order valence-electron chi connectivity index (χ0n) is 12.5. The molecule has 1 aromatic rings. The van der Waals surface area contributed by atoms with Crippen LogP contribution in [0.3, 0.4) is 0 Å². The molecule has 0 radical (unpaired) electrons. The van der Waals surface area contributed by atoms with Gasteiger partial charge in [-0.1, -0.05) is 12.1 Å². The lowest BCUT2D eigenvalue weighted by Gasteiger charge is -2.32. The molecule has 2 rings (SSSR count). The molecule has 1 aromatic carbocycles. The lowest BCUT2D eigenvalue weighted by atomic mass is 10.1. The van der Waals surface area contributed by atoms with Crippen LogP contribution in [0.25, 0.3) is 0 Å². The number of nitro benzene ring substituents is 1. The zero-order chi connectivity index (χ0) is 15.4. The maximum absolute atomic E-state index is 12.3. The van der Waals surface area contributed by atoms with E-state index >= 15 is 0 Å². The van der Waals surface area contributed by atoms with E-state index in [2.05, 4.69) is 0 Å². The Morgan fingerprint density at radius 2 is 2.18 bits per heavy atom. The summed E-state index contributed by atoms with van der Waals surface area (Å²) in [4.78, 5) is 26.2. The molecule has 1 saturated heterocycles. The van der Waals surface area contributed by atoms with Crippen molar-refractivity contribution in [1.82, 2.24) is 4.90 Å². The van der Waals surface area contributed by atoms with Gasteiger partial charge in [0.05, 0.1) is 11.5 Å². The first-order valence-corrected chi connectivity index (χ1v) is 6.97. The van der Waals surface area contributed by atoms with Gasteiger partial charge in [0.15, 0.2) is 0 Å². The van der Waals surface area contributed by atoms with Crippen LogP contribution in [0.1, 0.15) is 12.8 Å². The normalized spacial score (nSPS) is 17.5. The van der Waals surface area contributed by atoms with Crippen molar-refractivity contribution in [3.8, 4) is 0 Å². The van der Waals surface area contributed by atoms with Crippen molar-refractivity contribution in [3.05, 3.63) is 34.4 Å². The number of nitro groups is 1. The Labute approximate surface area is 135 Å². The number of hydrogen-bond donors (Lipinski definition) is 1. The fourth-order valence-corrected chi connectivity index (χ4v) is 2.57. The highest BCUT2D eigenvalue weighted by atomic mass is 35.5. The molecule has 0 saturated carbocycles. The number of carbonyl (C=O) groups is 1. The van der Waals surface area contributed by atoms with E-state index in [1.165, 1.54) is 6.07 Å². The van der Waals surface area contributed by atoms with Crippen molar-refractivity contribution < 1.29 is 9.72 Å². The van der Waals surface area contributed by atoms with Crippen LogP contribution < -0.4 is 10.6 Å². The summed E-state index contributed by atoms with van der Waals surface area (Å²) in [6.45, 7) is 1.37. The van der Waals surface area contributed by atoms with Crippen molar-refractivity contribution in [2.75, 3.05) is 31.6 Å². The van der Waals surface area contributed by atoms with Crippen molar-refractivity contribution in [2.24, 2.45) is 5.73 Å². The highest BCUT2D eigenvalue weighted by molar-refractivity contribution is 5.85. The number of nitrogens with zero attached hydrogens (tertiary/aromatic N) is 3. The maximum Gasteiger partial charge on any atom is 0.292 e. The smallest absolute Gasteiger partial charge is 0.292 e. The summed E-state index contributed by atoms with van der Waals surface area (Å²) in [5, 5.41) is 11.0. The molecular weight excluding hydrogens is 308 g/mol. The Balaban J connectivity index is 0.00000242. The topological polar surface area (TPSA) is 92.7 Å². The van der Waals surface area contributed by atoms with Crippen molar-refractivity contribution in [3.63, 3.8) is 0 Å². The Hall–Kier alpha value is -1.86. The predicted molar refractivity (Wildman–Crippen MR) is 87.4 cm³/mol. The van der Waals surface area contributed by atoms with E-state index in [4.69, 9.17) is 5.73 Å². The second kappa shape index (κ2) is 7.95. The molecule has 122 valence electrons. The number of likely N-dealkylation sites (N-methyl/N-ethyl adjacent to an activating group) is 1. The van der Waals surface area contributed by atoms with Gasteiger partial charge < -0.3 is 15.5 Å². The quantitative estimate of drug-likeness (QED) is 0.666. The Morgan fingerprint density at radius 1 is 1.50 bits per heavy atom. The van der Waals surface area contributed by atoms with E-state index in [-0.39, 0.29) is 36.6 Å². The lowest BCUT2D eigenvalue weighted by Crippen LogP contribution is -2.48. The zero-order valence-corrected chi connectivity index (χ0v) is 13.3. The van der Waals surface area contributed by atoms with Gasteiger partial charge in [-0.3, -0.25) is 14.9 Å². The number of para-hydroxylation sites is 2. The Kier molecular flexibility index (Phi) is 6.58. The van der Waals surface area contributed by atoms with E-state index < -0.39 is 4.92 Å². The molecular formula is C14H21ClN4O3. The lowest BCUT2D eigenvalue weighted by molar-refractivity contribution is -0.384. The van der Waals surface area contributed by atoms with Crippen molar-refractivity contribution in [1.29, 1.82) is 0 Å². The highest BCUT2D eigenvalue weighted by Gasteiger charge is 2.24. The van der Waals surface area contributed by atoms with Crippen molar-refractivity contribution >= 4 is 29.7 Å². The number of hydrogen-bond acceptors (Lipinski definition) is 5. The minimum Gasteiger partial charge on any atom is -0.360 e. The number of likely N-dealkylation sites (tertiary alicyclic amines) is 1. The van der Waals surface area contributed by atoms with Crippen LogP contribution >= 0.6 is 12.4 Å². The third-order valence-corrected chi connectivity index (χ3v) is 3.67. The van der Waals surface area contributed by atoms with Crippen LogP contribution in [0.15, 0.2) is 24.3 Å². The van der Waals surface area contributed by atoms with E-state index in [0.29, 0.717) is 18.8 Å². The number of amides is 1.